The summed E-state index contributed by atoms with van der Waals surface area (Å²) in [6.45, 7) is 5.41. The number of carboxylic acid groups (broad SMARTS) is 1. The SMILES string of the molecule is C=C(S)C(=O)O.CCCCO. The van der Waals surface area contributed by atoms with Crippen molar-refractivity contribution in [2.45, 2.75) is 19.8 Å². The molecule has 0 spiro atoms. The molecule has 4 heteroatoms. The second kappa shape index (κ2) is 9.52. The molecule has 0 aromatic heterocycles. The number of aliphatic carboxylic acids is 1. The fraction of sp³-hybridized carbons (Fsp3) is 0.571. The van der Waals surface area contributed by atoms with E-state index < -0.39 is 5.97 Å². The highest BCUT2D eigenvalue weighted by atomic mass is 32.1. The predicted octanol–water partition coefficient (Wildman–Crippen LogP) is 1.29. The van der Waals surface area contributed by atoms with Crippen LogP contribution in [-0.2, 0) is 4.79 Å². The van der Waals surface area contributed by atoms with E-state index in [2.05, 4.69) is 26.1 Å². The molecule has 2 N–H and O–H groups in total. The van der Waals surface area contributed by atoms with Crippen LogP contribution in [0.15, 0.2) is 11.5 Å². The quantitative estimate of drug-likeness (QED) is 0.451. The predicted molar refractivity (Wildman–Crippen MR) is 47.8 cm³/mol. The van der Waals surface area contributed by atoms with Gasteiger partial charge in [-0.15, -0.1) is 12.6 Å². The van der Waals surface area contributed by atoms with Crippen molar-refractivity contribution >= 4 is 18.6 Å². The van der Waals surface area contributed by atoms with Crippen LogP contribution in [0.4, 0.5) is 0 Å². The van der Waals surface area contributed by atoms with E-state index in [0.717, 1.165) is 12.8 Å². The maximum absolute atomic E-state index is 9.52. The third kappa shape index (κ3) is 17.7. The van der Waals surface area contributed by atoms with Crippen molar-refractivity contribution in [3.8, 4) is 0 Å². The lowest BCUT2D eigenvalue weighted by atomic mass is 10.4. The van der Waals surface area contributed by atoms with E-state index in [9.17, 15) is 4.79 Å². The molecule has 0 aliphatic carbocycles. The van der Waals surface area contributed by atoms with Crippen LogP contribution in [0.25, 0.3) is 0 Å². The first-order valence-electron chi connectivity index (χ1n) is 3.28. The van der Waals surface area contributed by atoms with E-state index in [1.54, 1.807) is 0 Å². The lowest BCUT2D eigenvalue weighted by Gasteiger charge is -1.79. The molecule has 3 nitrogen and oxygen atoms in total. The Bertz CT molecular complexity index is 109. The number of aliphatic hydroxyl groups excluding tert-OH is 1. The summed E-state index contributed by atoms with van der Waals surface area (Å²) in [5.74, 6) is -1.07. The third-order valence-electron chi connectivity index (χ3n) is 0.759. The highest BCUT2D eigenvalue weighted by Crippen LogP contribution is 1.91. The highest BCUT2D eigenvalue weighted by Gasteiger charge is 1.91. The van der Waals surface area contributed by atoms with Crippen molar-refractivity contribution in [2.24, 2.45) is 0 Å². The normalized spacial score (nSPS) is 7.91. The Morgan fingerprint density at radius 3 is 2.00 bits per heavy atom. The zero-order valence-corrected chi connectivity index (χ0v) is 7.47. The Hall–Kier alpha value is -0.480. The Morgan fingerprint density at radius 2 is 2.00 bits per heavy atom. The number of rotatable bonds is 3. The molecule has 66 valence electrons. The number of aliphatic hydroxyl groups is 1. The van der Waals surface area contributed by atoms with Crippen molar-refractivity contribution in [3.63, 3.8) is 0 Å². The van der Waals surface area contributed by atoms with E-state index in [1.165, 1.54) is 0 Å². The molecule has 0 radical (unpaired) electrons. The smallest absolute Gasteiger partial charge is 0.341 e. The van der Waals surface area contributed by atoms with Gasteiger partial charge in [0.1, 0.15) is 0 Å². The van der Waals surface area contributed by atoms with Crippen molar-refractivity contribution in [1.29, 1.82) is 0 Å². The molecule has 0 aliphatic rings. The second-order valence-electron chi connectivity index (χ2n) is 1.83. The molecule has 0 atom stereocenters. The van der Waals surface area contributed by atoms with Gasteiger partial charge in [-0.3, -0.25) is 0 Å². The van der Waals surface area contributed by atoms with Gasteiger partial charge in [0.2, 0.25) is 0 Å². The summed E-state index contributed by atoms with van der Waals surface area (Å²) >= 11 is 3.40. The minimum atomic E-state index is -1.07. The molecule has 0 heterocycles. The number of hydrogen-bond acceptors (Lipinski definition) is 3. The van der Waals surface area contributed by atoms with Crippen LogP contribution < -0.4 is 0 Å². The molecular weight excluding hydrogens is 164 g/mol. The van der Waals surface area contributed by atoms with E-state index >= 15 is 0 Å². The molecule has 0 bridgehead atoms. The Kier molecular flexibility index (Phi) is 11.4. The molecular formula is C7H14O3S. The number of unbranched alkanes of at least 4 members (excludes halogenated alkanes) is 1. The molecule has 0 aromatic rings. The molecule has 11 heavy (non-hydrogen) atoms. The van der Waals surface area contributed by atoms with Crippen LogP contribution in [0.3, 0.4) is 0 Å². The minimum absolute atomic E-state index is 0.130. The van der Waals surface area contributed by atoms with Crippen LogP contribution in [0.2, 0.25) is 0 Å². The maximum atomic E-state index is 9.52. The molecule has 0 amide bonds. The van der Waals surface area contributed by atoms with Crippen molar-refractivity contribution in [3.05, 3.63) is 11.5 Å². The zero-order valence-electron chi connectivity index (χ0n) is 6.58. The van der Waals surface area contributed by atoms with Crippen molar-refractivity contribution in [1.82, 2.24) is 0 Å². The van der Waals surface area contributed by atoms with Gasteiger partial charge in [-0.25, -0.2) is 4.79 Å². The Labute approximate surface area is 72.2 Å². The van der Waals surface area contributed by atoms with Crippen molar-refractivity contribution < 1.29 is 15.0 Å². The summed E-state index contributed by atoms with van der Waals surface area (Å²) in [4.78, 5) is 9.39. The number of carbonyl (C=O) groups is 1. The molecule has 0 saturated carbocycles. The summed E-state index contributed by atoms with van der Waals surface area (Å²) in [6.07, 6.45) is 2.04. The van der Waals surface area contributed by atoms with E-state index in [-0.39, 0.29) is 4.91 Å². The Morgan fingerprint density at radius 1 is 1.64 bits per heavy atom. The molecule has 0 fully saturated rings. The average Bonchev–Trinajstić information content (AvgIpc) is 1.90. The lowest BCUT2D eigenvalue weighted by molar-refractivity contribution is -0.131. The second-order valence-corrected chi connectivity index (χ2v) is 2.37. The Balaban J connectivity index is 0. The van der Waals surface area contributed by atoms with Gasteiger partial charge in [0, 0.05) is 6.61 Å². The molecule has 0 aromatic carbocycles. The minimum Gasteiger partial charge on any atom is -0.477 e. The van der Waals surface area contributed by atoms with Crippen LogP contribution in [-0.4, -0.2) is 22.8 Å². The van der Waals surface area contributed by atoms with Crippen molar-refractivity contribution in [2.75, 3.05) is 6.61 Å². The van der Waals surface area contributed by atoms with E-state index in [1.807, 2.05) is 0 Å². The first-order valence-corrected chi connectivity index (χ1v) is 3.73. The van der Waals surface area contributed by atoms with Gasteiger partial charge in [-0.2, -0.15) is 0 Å². The summed E-state index contributed by atoms with van der Waals surface area (Å²) in [6, 6.07) is 0. The molecule has 0 unspecified atom stereocenters. The number of hydrogen-bond donors (Lipinski definition) is 3. The van der Waals surface area contributed by atoms with Gasteiger partial charge >= 0.3 is 5.97 Å². The number of carboxylic acids is 1. The standard InChI is InChI=1S/C4H10O.C3H4O2S/c1-2-3-4-5;1-2(6)3(4)5/h5H,2-4H2,1H3;6H,1H2,(H,4,5). The van der Waals surface area contributed by atoms with Crippen LogP contribution in [0, 0.1) is 0 Å². The summed E-state index contributed by atoms with van der Waals surface area (Å²) < 4.78 is 0. The van der Waals surface area contributed by atoms with Gasteiger partial charge in [0.15, 0.2) is 0 Å². The summed E-state index contributed by atoms with van der Waals surface area (Å²) in [5.41, 5.74) is 0. The maximum Gasteiger partial charge on any atom is 0.341 e. The fourth-order valence-electron chi connectivity index (χ4n) is 0.158. The third-order valence-corrected chi connectivity index (χ3v) is 0.950. The van der Waals surface area contributed by atoms with Gasteiger partial charge in [-0.1, -0.05) is 19.9 Å². The molecule has 0 saturated heterocycles. The van der Waals surface area contributed by atoms with Crippen LogP contribution in [0.5, 0.6) is 0 Å². The zero-order chi connectivity index (χ0) is 9.28. The van der Waals surface area contributed by atoms with E-state index in [4.69, 9.17) is 10.2 Å². The molecule has 0 aliphatic heterocycles. The topological polar surface area (TPSA) is 57.5 Å². The average molecular weight is 178 g/mol. The monoisotopic (exact) mass is 178 g/mol. The summed E-state index contributed by atoms with van der Waals surface area (Å²) in [5, 5.41) is 15.9. The van der Waals surface area contributed by atoms with Crippen LogP contribution >= 0.6 is 12.6 Å². The van der Waals surface area contributed by atoms with Crippen LogP contribution in [0.1, 0.15) is 19.8 Å². The van der Waals surface area contributed by atoms with Gasteiger partial charge in [0.05, 0.1) is 4.91 Å². The highest BCUT2D eigenvalue weighted by molar-refractivity contribution is 7.85. The van der Waals surface area contributed by atoms with Gasteiger partial charge in [0.25, 0.3) is 0 Å². The van der Waals surface area contributed by atoms with Gasteiger partial charge in [-0.05, 0) is 6.42 Å². The molecule has 0 rings (SSSR count). The first-order chi connectivity index (χ1) is 5.06. The fourth-order valence-corrected chi connectivity index (χ4v) is 0.158. The summed E-state index contributed by atoms with van der Waals surface area (Å²) in [7, 11) is 0. The number of thiol groups is 1. The first kappa shape index (κ1) is 13.1. The largest absolute Gasteiger partial charge is 0.477 e. The van der Waals surface area contributed by atoms with E-state index in [0.29, 0.717) is 6.61 Å². The lowest BCUT2D eigenvalue weighted by Crippen LogP contribution is -1.89. The van der Waals surface area contributed by atoms with Gasteiger partial charge < -0.3 is 10.2 Å².